The largest absolute Gasteiger partial charge is 0.349 e. The van der Waals surface area contributed by atoms with Gasteiger partial charge in [0.2, 0.25) is 0 Å². The van der Waals surface area contributed by atoms with Crippen LogP contribution in [0.4, 0.5) is 0 Å². The van der Waals surface area contributed by atoms with Crippen LogP contribution in [0.2, 0.25) is 0 Å². The molecule has 2 aromatic heterocycles. The van der Waals surface area contributed by atoms with E-state index >= 15 is 0 Å². The molecule has 164 valence electrons. The maximum atomic E-state index is 13.3. The molecule has 0 radical (unpaired) electrons. The Morgan fingerprint density at radius 2 is 1.87 bits per heavy atom. The van der Waals surface area contributed by atoms with Crippen LogP contribution >= 0.6 is 0 Å². The molecule has 0 saturated heterocycles. The molecule has 1 atom stereocenters. The smallest absolute Gasteiger partial charge is 0.265 e. The van der Waals surface area contributed by atoms with E-state index < -0.39 is 0 Å². The molecule has 31 heavy (non-hydrogen) atoms. The number of nitrogens with one attached hydrogen (secondary N) is 2. The van der Waals surface area contributed by atoms with Crippen molar-refractivity contribution in [1.29, 1.82) is 0 Å². The van der Waals surface area contributed by atoms with Gasteiger partial charge in [-0.2, -0.15) is 0 Å². The van der Waals surface area contributed by atoms with Crippen molar-refractivity contribution in [3.63, 3.8) is 0 Å². The molecular weight excluding hydrogens is 388 g/mol. The standard InChI is InChI=1S/C25H32N4O2/c1-4-28(5-2)16-10-11-19(3)27-24(30)22-17-21-14-9-15-26-23(21)29(25(22)31)18-20-12-7-6-8-13-20/h6-9,12-15,17,19H,4-5,10-11,16,18H2,1-3H3,(H,27,30)/p+1/t19-/m0/s1. The maximum Gasteiger partial charge on any atom is 0.265 e. The topological polar surface area (TPSA) is 68.4 Å². The van der Waals surface area contributed by atoms with Gasteiger partial charge in [-0.15, -0.1) is 0 Å². The fourth-order valence-corrected chi connectivity index (χ4v) is 3.92. The molecule has 0 bridgehead atoms. The molecule has 1 aromatic carbocycles. The van der Waals surface area contributed by atoms with Gasteiger partial charge in [-0.3, -0.25) is 14.2 Å². The molecule has 2 N–H and O–H groups in total. The third-order valence-electron chi connectivity index (χ3n) is 5.82. The molecule has 1 amide bonds. The van der Waals surface area contributed by atoms with Gasteiger partial charge in [-0.25, -0.2) is 4.98 Å². The first-order valence-corrected chi connectivity index (χ1v) is 11.2. The number of hydrogen-bond donors (Lipinski definition) is 2. The molecule has 6 nitrogen and oxygen atoms in total. The Bertz CT molecular complexity index is 1060. The van der Waals surface area contributed by atoms with Crippen molar-refractivity contribution < 1.29 is 9.69 Å². The number of carbonyl (C=O) groups is 1. The summed E-state index contributed by atoms with van der Waals surface area (Å²) in [5.74, 6) is -0.319. The van der Waals surface area contributed by atoms with Gasteiger partial charge < -0.3 is 10.2 Å². The first-order chi connectivity index (χ1) is 15.0. The lowest BCUT2D eigenvalue weighted by atomic mass is 10.1. The van der Waals surface area contributed by atoms with Crippen molar-refractivity contribution in [2.75, 3.05) is 19.6 Å². The molecule has 3 aromatic rings. The number of rotatable bonds is 10. The molecular formula is C25H33N4O2+. The number of pyridine rings is 2. The zero-order chi connectivity index (χ0) is 22.2. The minimum Gasteiger partial charge on any atom is -0.349 e. The number of aromatic nitrogens is 2. The number of hydrogen-bond acceptors (Lipinski definition) is 3. The minimum absolute atomic E-state index is 0.00836. The van der Waals surface area contributed by atoms with E-state index in [1.54, 1.807) is 21.7 Å². The van der Waals surface area contributed by atoms with Gasteiger partial charge in [0.25, 0.3) is 11.5 Å². The summed E-state index contributed by atoms with van der Waals surface area (Å²) in [4.78, 5) is 32.2. The van der Waals surface area contributed by atoms with Crippen molar-refractivity contribution >= 4 is 16.9 Å². The second kappa shape index (κ2) is 10.9. The highest BCUT2D eigenvalue weighted by atomic mass is 16.2. The molecule has 6 heteroatoms. The summed E-state index contributed by atoms with van der Waals surface area (Å²) in [6.07, 6.45) is 3.60. The van der Waals surface area contributed by atoms with Crippen LogP contribution in [0.25, 0.3) is 11.0 Å². The van der Waals surface area contributed by atoms with E-state index in [1.165, 1.54) is 0 Å². The summed E-state index contributed by atoms with van der Waals surface area (Å²) in [5.41, 5.74) is 1.43. The second-order valence-corrected chi connectivity index (χ2v) is 8.07. The zero-order valence-electron chi connectivity index (χ0n) is 18.7. The molecule has 3 rings (SSSR count). The maximum absolute atomic E-state index is 13.3. The van der Waals surface area contributed by atoms with E-state index in [9.17, 15) is 9.59 Å². The van der Waals surface area contributed by atoms with E-state index in [4.69, 9.17) is 0 Å². The predicted octanol–water partition coefficient (Wildman–Crippen LogP) is 2.27. The normalized spacial score (nSPS) is 12.3. The molecule has 0 aliphatic rings. The Kier molecular flexibility index (Phi) is 7.95. The number of benzene rings is 1. The quantitative estimate of drug-likeness (QED) is 0.528. The molecule has 0 aliphatic heterocycles. The van der Waals surface area contributed by atoms with E-state index in [1.807, 2.05) is 49.4 Å². The van der Waals surface area contributed by atoms with Crippen LogP contribution in [0.3, 0.4) is 0 Å². The zero-order valence-corrected chi connectivity index (χ0v) is 18.7. The Balaban J connectivity index is 1.80. The average molecular weight is 422 g/mol. The van der Waals surface area contributed by atoms with Gasteiger partial charge in [0.1, 0.15) is 11.2 Å². The van der Waals surface area contributed by atoms with Crippen molar-refractivity contribution in [2.24, 2.45) is 0 Å². The van der Waals surface area contributed by atoms with Crippen molar-refractivity contribution in [1.82, 2.24) is 14.9 Å². The molecule has 0 spiro atoms. The average Bonchev–Trinajstić information content (AvgIpc) is 2.79. The van der Waals surface area contributed by atoms with Crippen molar-refractivity contribution in [3.05, 3.63) is 76.2 Å². The van der Waals surface area contributed by atoms with Gasteiger partial charge in [-0.1, -0.05) is 30.3 Å². The highest BCUT2D eigenvalue weighted by molar-refractivity contribution is 5.97. The van der Waals surface area contributed by atoms with Gasteiger partial charge in [-0.05, 0) is 57.4 Å². The van der Waals surface area contributed by atoms with E-state index in [-0.39, 0.29) is 23.1 Å². The first-order valence-electron chi connectivity index (χ1n) is 11.2. The summed E-state index contributed by atoms with van der Waals surface area (Å²) in [6, 6.07) is 15.1. The monoisotopic (exact) mass is 421 g/mol. The summed E-state index contributed by atoms with van der Waals surface area (Å²) in [7, 11) is 0. The number of fused-ring (bicyclic) bond motifs is 1. The molecule has 2 heterocycles. The van der Waals surface area contributed by atoms with Crippen LogP contribution in [0.15, 0.2) is 59.5 Å². The molecule has 0 saturated carbocycles. The summed E-state index contributed by atoms with van der Waals surface area (Å²) in [6.45, 7) is 10.1. The van der Waals surface area contributed by atoms with Crippen LogP contribution in [0.5, 0.6) is 0 Å². The number of nitrogens with zero attached hydrogens (tertiary/aromatic N) is 2. The molecule has 0 aliphatic carbocycles. The lowest BCUT2D eigenvalue weighted by Crippen LogP contribution is -3.11. The Morgan fingerprint density at radius 1 is 1.13 bits per heavy atom. The number of carbonyl (C=O) groups excluding carboxylic acids is 1. The van der Waals surface area contributed by atoms with Crippen LogP contribution in [0.1, 0.15) is 49.5 Å². The summed E-state index contributed by atoms with van der Waals surface area (Å²) >= 11 is 0. The number of amides is 1. The van der Waals surface area contributed by atoms with E-state index in [0.717, 1.165) is 43.4 Å². The lowest BCUT2D eigenvalue weighted by molar-refractivity contribution is -0.896. The minimum atomic E-state index is -0.319. The second-order valence-electron chi connectivity index (χ2n) is 8.07. The highest BCUT2D eigenvalue weighted by Gasteiger charge is 2.18. The Labute approximate surface area is 183 Å². The van der Waals surface area contributed by atoms with Gasteiger partial charge in [0.15, 0.2) is 0 Å². The molecule has 0 fully saturated rings. The number of quaternary nitrogens is 1. The van der Waals surface area contributed by atoms with Gasteiger partial charge in [0.05, 0.1) is 26.2 Å². The molecule has 0 unspecified atom stereocenters. The van der Waals surface area contributed by atoms with Gasteiger partial charge >= 0.3 is 0 Å². The lowest BCUT2D eigenvalue weighted by Gasteiger charge is -2.18. The van der Waals surface area contributed by atoms with Crippen molar-refractivity contribution in [2.45, 2.75) is 46.2 Å². The van der Waals surface area contributed by atoms with E-state index in [0.29, 0.717) is 12.2 Å². The van der Waals surface area contributed by atoms with Gasteiger partial charge in [0, 0.05) is 17.6 Å². The third kappa shape index (κ3) is 5.79. The SMILES string of the molecule is CC[NH+](CC)CCC[C@H](C)NC(=O)c1cc2cccnc2n(Cc2ccccc2)c1=O. The summed E-state index contributed by atoms with van der Waals surface area (Å²) < 4.78 is 1.59. The third-order valence-corrected chi connectivity index (χ3v) is 5.82. The van der Waals surface area contributed by atoms with Crippen molar-refractivity contribution in [3.8, 4) is 0 Å². The highest BCUT2D eigenvalue weighted by Crippen LogP contribution is 2.13. The van der Waals surface area contributed by atoms with Crippen LogP contribution in [0, 0.1) is 0 Å². The first kappa shape index (κ1) is 22.7. The van der Waals surface area contributed by atoms with Crippen LogP contribution in [-0.4, -0.2) is 41.1 Å². The fraction of sp³-hybridized carbons (Fsp3) is 0.400. The predicted molar refractivity (Wildman–Crippen MR) is 125 cm³/mol. The Morgan fingerprint density at radius 3 is 2.58 bits per heavy atom. The summed E-state index contributed by atoms with van der Waals surface area (Å²) in [5, 5.41) is 3.80. The van der Waals surface area contributed by atoms with E-state index in [2.05, 4.69) is 24.1 Å². The fourth-order valence-electron chi connectivity index (χ4n) is 3.92. The Hall–Kier alpha value is -2.99. The van der Waals surface area contributed by atoms with Crippen LogP contribution in [-0.2, 0) is 6.54 Å². The van der Waals surface area contributed by atoms with Crippen LogP contribution < -0.4 is 15.8 Å².